The summed E-state index contributed by atoms with van der Waals surface area (Å²) in [6, 6.07) is 1.49. The van der Waals surface area contributed by atoms with Crippen LogP contribution in [0.15, 0.2) is 23.4 Å². The molecule has 0 aliphatic heterocycles. The largest absolute Gasteiger partial charge is 0.477 e. The molecule has 0 radical (unpaired) electrons. The van der Waals surface area contributed by atoms with Crippen molar-refractivity contribution in [2.75, 3.05) is 4.72 Å². The lowest BCUT2D eigenvalue weighted by Crippen LogP contribution is -2.11. The number of aryl methyl sites for hydroxylation is 2. The number of hydrogen-bond donors (Lipinski definition) is 2. The minimum atomic E-state index is -3.74. The topological polar surface area (TPSA) is 101 Å². The third-order valence-electron chi connectivity index (χ3n) is 2.34. The molecule has 0 spiro atoms. The van der Waals surface area contributed by atoms with Crippen LogP contribution in [0.1, 0.15) is 15.2 Å². The van der Waals surface area contributed by atoms with Crippen molar-refractivity contribution in [1.29, 1.82) is 0 Å². The summed E-state index contributed by atoms with van der Waals surface area (Å²) in [5.74, 6) is -1.07. The zero-order chi connectivity index (χ0) is 14.2. The van der Waals surface area contributed by atoms with Gasteiger partial charge in [0.05, 0.1) is 6.20 Å². The average molecular weight is 301 g/mol. The average Bonchev–Trinajstić information content (AvgIpc) is 2.85. The second-order valence-electron chi connectivity index (χ2n) is 3.88. The molecule has 2 rings (SSSR count). The van der Waals surface area contributed by atoms with Gasteiger partial charge in [0.15, 0.2) is 0 Å². The first-order valence-corrected chi connectivity index (χ1v) is 7.45. The monoisotopic (exact) mass is 301 g/mol. The number of aromatic carboxylic acids is 1. The Labute approximate surface area is 113 Å². The number of rotatable bonds is 4. The Morgan fingerprint density at radius 1 is 1.53 bits per heavy atom. The summed E-state index contributed by atoms with van der Waals surface area (Å²) in [4.78, 5) is 11.0. The smallest absolute Gasteiger partial charge is 0.346 e. The molecule has 0 saturated heterocycles. The molecule has 9 heteroatoms. The normalized spacial score (nSPS) is 11.5. The third kappa shape index (κ3) is 2.76. The Morgan fingerprint density at radius 3 is 2.68 bits per heavy atom. The van der Waals surface area contributed by atoms with Gasteiger partial charge in [-0.3, -0.25) is 9.40 Å². The molecule has 7 nitrogen and oxygen atoms in total. The summed E-state index contributed by atoms with van der Waals surface area (Å²) in [6.07, 6.45) is 2.59. The Morgan fingerprint density at radius 2 is 2.21 bits per heavy atom. The lowest BCUT2D eigenvalue weighted by molar-refractivity contribution is 0.0701. The number of nitrogens with zero attached hydrogens (tertiary/aromatic N) is 2. The number of sulfonamides is 1. The van der Waals surface area contributed by atoms with E-state index in [1.165, 1.54) is 23.1 Å². The van der Waals surface area contributed by atoms with Crippen LogP contribution in [0.25, 0.3) is 0 Å². The van der Waals surface area contributed by atoms with E-state index in [0.29, 0.717) is 5.56 Å². The molecule has 2 N–H and O–H groups in total. The summed E-state index contributed by atoms with van der Waals surface area (Å²) < 4.78 is 27.7. The Bertz CT molecular complexity index is 730. The minimum Gasteiger partial charge on any atom is -0.477 e. The zero-order valence-electron chi connectivity index (χ0n) is 10.1. The van der Waals surface area contributed by atoms with E-state index in [9.17, 15) is 13.2 Å². The van der Waals surface area contributed by atoms with Crippen molar-refractivity contribution in [3.05, 3.63) is 28.9 Å². The van der Waals surface area contributed by atoms with Crippen LogP contribution in [0.4, 0.5) is 5.00 Å². The van der Waals surface area contributed by atoms with Crippen LogP contribution < -0.4 is 4.72 Å². The van der Waals surface area contributed by atoms with E-state index in [1.54, 1.807) is 14.0 Å². The molecule has 102 valence electrons. The van der Waals surface area contributed by atoms with Gasteiger partial charge in [-0.05, 0) is 18.6 Å². The van der Waals surface area contributed by atoms with Gasteiger partial charge in [-0.2, -0.15) is 5.10 Å². The molecular weight excluding hydrogens is 290 g/mol. The molecule has 2 heterocycles. The van der Waals surface area contributed by atoms with Crippen LogP contribution >= 0.6 is 11.3 Å². The highest BCUT2D eigenvalue weighted by Crippen LogP contribution is 2.28. The number of anilines is 1. The van der Waals surface area contributed by atoms with Crippen molar-refractivity contribution in [2.45, 2.75) is 11.8 Å². The zero-order valence-corrected chi connectivity index (χ0v) is 11.7. The first-order chi connectivity index (χ1) is 8.79. The maximum Gasteiger partial charge on any atom is 0.346 e. The van der Waals surface area contributed by atoms with Crippen LogP contribution in [0.3, 0.4) is 0 Å². The number of nitrogens with one attached hydrogen (secondary N) is 1. The molecule has 0 aromatic carbocycles. The Balaban J connectivity index is 2.31. The number of aromatic nitrogens is 2. The second kappa shape index (κ2) is 4.67. The van der Waals surface area contributed by atoms with Gasteiger partial charge in [0, 0.05) is 13.2 Å². The van der Waals surface area contributed by atoms with E-state index in [1.807, 2.05) is 0 Å². The third-order valence-corrected chi connectivity index (χ3v) is 4.93. The highest BCUT2D eigenvalue weighted by atomic mass is 32.2. The number of thiophene rings is 1. The molecule has 0 aliphatic rings. The maximum atomic E-state index is 12.0. The van der Waals surface area contributed by atoms with E-state index < -0.39 is 16.0 Å². The fraction of sp³-hybridized carbons (Fsp3) is 0.200. The number of carboxylic acid groups (broad SMARTS) is 1. The molecule has 19 heavy (non-hydrogen) atoms. The minimum absolute atomic E-state index is 0.0259. The molecule has 2 aromatic heterocycles. The van der Waals surface area contributed by atoms with Crippen molar-refractivity contribution < 1.29 is 18.3 Å². The highest BCUT2D eigenvalue weighted by Gasteiger charge is 2.19. The predicted molar refractivity (Wildman–Crippen MR) is 70.0 cm³/mol. The molecule has 0 fully saturated rings. The predicted octanol–water partition coefficient (Wildman–Crippen LogP) is 1.29. The summed E-state index contributed by atoms with van der Waals surface area (Å²) >= 11 is 0.879. The second-order valence-corrected chi connectivity index (χ2v) is 6.62. The van der Waals surface area contributed by atoms with Crippen molar-refractivity contribution in [2.24, 2.45) is 7.05 Å². The highest BCUT2D eigenvalue weighted by molar-refractivity contribution is 7.93. The van der Waals surface area contributed by atoms with E-state index in [0.717, 1.165) is 11.3 Å². The van der Waals surface area contributed by atoms with Crippen molar-refractivity contribution in [3.8, 4) is 0 Å². The van der Waals surface area contributed by atoms with E-state index >= 15 is 0 Å². The standard InChI is InChI=1S/C10H11N3O4S2/c1-6-3-8(18-9(6)10(14)15)12-19(16,17)7-4-11-13(2)5-7/h3-5,12H,1-2H3,(H,14,15). The fourth-order valence-corrected chi connectivity index (χ4v) is 3.65. The van der Waals surface area contributed by atoms with E-state index in [2.05, 4.69) is 9.82 Å². The Hall–Kier alpha value is -1.87. The van der Waals surface area contributed by atoms with Crippen LogP contribution in [0.2, 0.25) is 0 Å². The van der Waals surface area contributed by atoms with Gasteiger partial charge in [-0.25, -0.2) is 13.2 Å². The summed E-state index contributed by atoms with van der Waals surface area (Å²) in [6.45, 7) is 1.61. The molecular formula is C10H11N3O4S2. The van der Waals surface area contributed by atoms with Crippen LogP contribution in [0.5, 0.6) is 0 Å². The first kappa shape index (κ1) is 13.6. The lowest BCUT2D eigenvalue weighted by Gasteiger charge is -2.02. The SMILES string of the molecule is Cc1cc(NS(=O)(=O)c2cnn(C)c2)sc1C(=O)O. The van der Waals surface area contributed by atoms with E-state index in [-0.39, 0.29) is 14.8 Å². The van der Waals surface area contributed by atoms with Gasteiger partial charge >= 0.3 is 5.97 Å². The molecule has 0 atom stereocenters. The van der Waals surface area contributed by atoms with Crippen molar-refractivity contribution in [3.63, 3.8) is 0 Å². The van der Waals surface area contributed by atoms with Gasteiger partial charge in [-0.1, -0.05) is 0 Å². The summed E-state index contributed by atoms with van der Waals surface area (Å²) in [5.41, 5.74) is 0.515. The number of carbonyl (C=O) groups is 1. The molecule has 0 saturated carbocycles. The van der Waals surface area contributed by atoms with Gasteiger partial charge in [-0.15, -0.1) is 11.3 Å². The van der Waals surface area contributed by atoms with Gasteiger partial charge in [0.1, 0.15) is 14.8 Å². The molecule has 0 unspecified atom stereocenters. The Kier molecular flexibility index (Phi) is 3.33. The molecule has 0 bridgehead atoms. The van der Waals surface area contributed by atoms with Crippen LogP contribution in [0, 0.1) is 6.92 Å². The first-order valence-electron chi connectivity index (χ1n) is 5.15. The van der Waals surface area contributed by atoms with Crippen LogP contribution in [-0.2, 0) is 17.1 Å². The number of carboxylic acids is 1. The molecule has 0 aliphatic carbocycles. The van der Waals surface area contributed by atoms with E-state index in [4.69, 9.17) is 5.11 Å². The summed E-state index contributed by atoms with van der Waals surface area (Å²) in [7, 11) is -2.13. The van der Waals surface area contributed by atoms with Gasteiger partial charge < -0.3 is 5.11 Å². The van der Waals surface area contributed by atoms with Crippen molar-refractivity contribution >= 4 is 32.3 Å². The maximum absolute atomic E-state index is 12.0. The lowest BCUT2D eigenvalue weighted by atomic mass is 10.3. The van der Waals surface area contributed by atoms with Crippen molar-refractivity contribution in [1.82, 2.24) is 9.78 Å². The molecule has 0 amide bonds. The van der Waals surface area contributed by atoms with Crippen LogP contribution in [-0.4, -0.2) is 29.3 Å². The summed E-state index contributed by atoms with van der Waals surface area (Å²) in [5, 5.41) is 13.0. The fourth-order valence-electron chi connectivity index (χ4n) is 1.47. The quantitative estimate of drug-likeness (QED) is 0.886. The number of hydrogen-bond acceptors (Lipinski definition) is 5. The molecule has 2 aromatic rings. The van der Waals surface area contributed by atoms with Gasteiger partial charge in [0.25, 0.3) is 10.0 Å². The van der Waals surface area contributed by atoms with Gasteiger partial charge in [0.2, 0.25) is 0 Å².